The molecule has 0 aromatic carbocycles. The number of carbonyl (C=O) groups excluding carboxylic acids is 1. The van der Waals surface area contributed by atoms with E-state index in [2.05, 4.69) is 15.5 Å². The molecular formula is C13H18N4O2. The number of likely N-dealkylation sites (N-methyl/N-ethyl adjacent to an activating group) is 1. The van der Waals surface area contributed by atoms with Gasteiger partial charge < -0.3 is 9.73 Å². The van der Waals surface area contributed by atoms with Gasteiger partial charge in [0.2, 0.25) is 0 Å². The highest BCUT2D eigenvalue weighted by Gasteiger charge is 2.19. The number of hydrogen-bond donors (Lipinski definition) is 2. The lowest BCUT2D eigenvalue weighted by Gasteiger charge is -2.22. The zero-order valence-electron chi connectivity index (χ0n) is 11.3. The molecular weight excluding hydrogens is 244 g/mol. The van der Waals surface area contributed by atoms with Gasteiger partial charge in [-0.25, -0.2) is 0 Å². The van der Waals surface area contributed by atoms with Crippen LogP contribution in [0, 0.1) is 6.92 Å². The molecule has 0 bridgehead atoms. The molecule has 2 aromatic heterocycles. The highest BCUT2D eigenvalue weighted by molar-refractivity contribution is 5.94. The highest BCUT2D eigenvalue weighted by Crippen LogP contribution is 2.17. The predicted octanol–water partition coefficient (Wildman–Crippen LogP) is 1.34. The van der Waals surface area contributed by atoms with E-state index in [1.807, 2.05) is 38.1 Å². The fourth-order valence-corrected chi connectivity index (χ4v) is 1.88. The van der Waals surface area contributed by atoms with Crippen molar-refractivity contribution < 1.29 is 9.21 Å². The number of hydrogen-bond acceptors (Lipinski definition) is 4. The molecule has 0 aliphatic carbocycles. The second kappa shape index (κ2) is 5.71. The molecule has 0 saturated carbocycles. The van der Waals surface area contributed by atoms with E-state index in [9.17, 15) is 4.79 Å². The van der Waals surface area contributed by atoms with Crippen molar-refractivity contribution in [2.24, 2.45) is 0 Å². The summed E-state index contributed by atoms with van der Waals surface area (Å²) in [5.74, 6) is 0.693. The van der Waals surface area contributed by atoms with Gasteiger partial charge in [0.15, 0.2) is 0 Å². The van der Waals surface area contributed by atoms with Gasteiger partial charge in [0.25, 0.3) is 5.91 Å². The van der Waals surface area contributed by atoms with Crippen LogP contribution < -0.4 is 5.32 Å². The molecule has 0 spiro atoms. The van der Waals surface area contributed by atoms with Crippen molar-refractivity contribution in [3.63, 3.8) is 0 Å². The largest absolute Gasteiger partial charge is 0.468 e. The van der Waals surface area contributed by atoms with E-state index in [4.69, 9.17) is 4.42 Å². The van der Waals surface area contributed by atoms with Gasteiger partial charge in [-0.3, -0.25) is 14.8 Å². The quantitative estimate of drug-likeness (QED) is 0.853. The summed E-state index contributed by atoms with van der Waals surface area (Å²) in [5.41, 5.74) is 1.33. The van der Waals surface area contributed by atoms with Gasteiger partial charge in [-0.05, 0) is 33.2 Å². The van der Waals surface area contributed by atoms with Crippen LogP contribution in [0.3, 0.4) is 0 Å². The average molecular weight is 262 g/mol. The zero-order chi connectivity index (χ0) is 13.8. The SMILES string of the molecule is Cc1[nH]ncc1C(=O)NCC(c1ccco1)N(C)C. The molecule has 102 valence electrons. The van der Waals surface area contributed by atoms with Crippen LogP contribution in [0.25, 0.3) is 0 Å². The average Bonchev–Trinajstić information content (AvgIpc) is 3.00. The van der Waals surface area contributed by atoms with Crippen LogP contribution in [0.4, 0.5) is 0 Å². The number of rotatable bonds is 5. The van der Waals surface area contributed by atoms with E-state index >= 15 is 0 Å². The number of nitrogens with zero attached hydrogens (tertiary/aromatic N) is 2. The van der Waals surface area contributed by atoms with Gasteiger partial charge in [0.1, 0.15) is 5.76 Å². The topological polar surface area (TPSA) is 74.2 Å². The number of aromatic nitrogens is 2. The number of aryl methyl sites for hydroxylation is 1. The molecule has 0 aliphatic heterocycles. The summed E-state index contributed by atoms with van der Waals surface area (Å²) in [5, 5.41) is 9.48. The van der Waals surface area contributed by atoms with E-state index in [-0.39, 0.29) is 11.9 Å². The first kappa shape index (κ1) is 13.4. The van der Waals surface area contributed by atoms with Gasteiger partial charge in [-0.1, -0.05) is 0 Å². The minimum atomic E-state index is -0.135. The predicted molar refractivity (Wildman–Crippen MR) is 70.8 cm³/mol. The summed E-state index contributed by atoms with van der Waals surface area (Å²) in [6.07, 6.45) is 3.16. The van der Waals surface area contributed by atoms with Gasteiger partial charge in [-0.15, -0.1) is 0 Å². The Kier molecular flexibility index (Phi) is 4.01. The molecule has 2 aromatic rings. The summed E-state index contributed by atoms with van der Waals surface area (Å²) in [6, 6.07) is 3.75. The molecule has 2 rings (SSSR count). The summed E-state index contributed by atoms with van der Waals surface area (Å²) in [6.45, 7) is 2.29. The van der Waals surface area contributed by atoms with Crippen LogP contribution in [0.1, 0.15) is 27.9 Å². The number of nitrogens with one attached hydrogen (secondary N) is 2. The maximum atomic E-state index is 12.0. The summed E-state index contributed by atoms with van der Waals surface area (Å²) in [7, 11) is 3.89. The van der Waals surface area contributed by atoms with Crippen molar-refractivity contribution in [1.29, 1.82) is 0 Å². The number of furan rings is 1. The number of carbonyl (C=O) groups is 1. The Balaban J connectivity index is 2.00. The van der Waals surface area contributed by atoms with Crippen LogP contribution in [0.2, 0.25) is 0 Å². The summed E-state index contributed by atoms with van der Waals surface area (Å²) >= 11 is 0. The van der Waals surface area contributed by atoms with Crippen molar-refractivity contribution in [3.8, 4) is 0 Å². The fraction of sp³-hybridized carbons (Fsp3) is 0.385. The van der Waals surface area contributed by atoms with E-state index in [0.29, 0.717) is 12.1 Å². The standard InChI is InChI=1S/C13H18N4O2/c1-9-10(7-15-16-9)13(18)14-8-11(17(2)3)12-5-4-6-19-12/h4-7,11H,8H2,1-3H3,(H,14,18)(H,15,16). The minimum absolute atomic E-state index is 0.00570. The second-order valence-corrected chi connectivity index (χ2v) is 4.61. The maximum Gasteiger partial charge on any atom is 0.254 e. The molecule has 0 radical (unpaired) electrons. The minimum Gasteiger partial charge on any atom is -0.468 e. The van der Waals surface area contributed by atoms with Crippen LogP contribution in [-0.2, 0) is 0 Å². The summed E-state index contributed by atoms with van der Waals surface area (Å²) < 4.78 is 5.39. The third-order valence-electron chi connectivity index (χ3n) is 3.03. The Labute approximate surface area is 111 Å². The van der Waals surface area contributed by atoms with Crippen LogP contribution in [0.15, 0.2) is 29.0 Å². The fourth-order valence-electron chi connectivity index (χ4n) is 1.88. The second-order valence-electron chi connectivity index (χ2n) is 4.61. The molecule has 2 heterocycles. The Morgan fingerprint density at radius 1 is 1.58 bits per heavy atom. The molecule has 6 heteroatoms. The monoisotopic (exact) mass is 262 g/mol. The first-order valence-electron chi connectivity index (χ1n) is 6.07. The van der Waals surface area contributed by atoms with Crippen molar-refractivity contribution in [3.05, 3.63) is 41.6 Å². The smallest absolute Gasteiger partial charge is 0.254 e. The Bertz CT molecular complexity index is 531. The number of H-pyrrole nitrogens is 1. The van der Waals surface area contributed by atoms with E-state index in [0.717, 1.165) is 11.5 Å². The lowest BCUT2D eigenvalue weighted by molar-refractivity contribution is 0.0938. The Hall–Kier alpha value is -2.08. The van der Waals surface area contributed by atoms with Gasteiger partial charge in [-0.2, -0.15) is 5.10 Å². The van der Waals surface area contributed by atoms with Crippen LogP contribution in [0.5, 0.6) is 0 Å². The van der Waals surface area contributed by atoms with E-state index in [1.54, 1.807) is 6.26 Å². The van der Waals surface area contributed by atoms with Crippen LogP contribution >= 0.6 is 0 Å². The molecule has 6 nitrogen and oxygen atoms in total. The number of amides is 1. The first-order valence-corrected chi connectivity index (χ1v) is 6.07. The third kappa shape index (κ3) is 3.03. The molecule has 0 aliphatic rings. The Morgan fingerprint density at radius 2 is 2.37 bits per heavy atom. The van der Waals surface area contributed by atoms with Crippen molar-refractivity contribution >= 4 is 5.91 Å². The maximum absolute atomic E-state index is 12.0. The van der Waals surface area contributed by atoms with Crippen molar-refractivity contribution in [2.45, 2.75) is 13.0 Å². The van der Waals surface area contributed by atoms with Crippen LogP contribution in [-0.4, -0.2) is 41.6 Å². The highest BCUT2D eigenvalue weighted by atomic mass is 16.3. The lowest BCUT2D eigenvalue weighted by Crippen LogP contribution is -2.34. The molecule has 0 fully saturated rings. The normalized spacial score (nSPS) is 12.6. The van der Waals surface area contributed by atoms with E-state index in [1.165, 1.54) is 6.20 Å². The first-order chi connectivity index (χ1) is 9.09. The molecule has 2 N–H and O–H groups in total. The van der Waals surface area contributed by atoms with Crippen molar-refractivity contribution in [1.82, 2.24) is 20.4 Å². The van der Waals surface area contributed by atoms with Gasteiger partial charge in [0, 0.05) is 12.2 Å². The zero-order valence-corrected chi connectivity index (χ0v) is 11.3. The molecule has 1 atom stereocenters. The van der Waals surface area contributed by atoms with Crippen molar-refractivity contribution in [2.75, 3.05) is 20.6 Å². The molecule has 0 saturated heterocycles. The third-order valence-corrected chi connectivity index (χ3v) is 3.03. The molecule has 1 unspecified atom stereocenters. The molecule has 19 heavy (non-hydrogen) atoms. The molecule has 1 amide bonds. The Morgan fingerprint density at radius 3 is 2.89 bits per heavy atom. The summed E-state index contributed by atoms with van der Waals surface area (Å²) in [4.78, 5) is 14.0. The van der Waals surface area contributed by atoms with Gasteiger partial charge >= 0.3 is 0 Å². The number of aromatic amines is 1. The van der Waals surface area contributed by atoms with E-state index < -0.39 is 0 Å². The van der Waals surface area contributed by atoms with Gasteiger partial charge in [0.05, 0.1) is 24.1 Å². The lowest BCUT2D eigenvalue weighted by atomic mass is 10.2.